The summed E-state index contributed by atoms with van der Waals surface area (Å²) in [5, 5.41) is 0. The second kappa shape index (κ2) is 57.9. The minimum Gasteiger partial charge on any atom is -0.462 e. The van der Waals surface area contributed by atoms with Gasteiger partial charge in [0, 0.05) is 19.3 Å². The Hall–Kier alpha value is -4.71. The summed E-state index contributed by atoms with van der Waals surface area (Å²) in [5.74, 6) is -1.00. The van der Waals surface area contributed by atoms with E-state index in [1.807, 2.05) is 0 Å². The molecule has 0 aliphatic carbocycles. The van der Waals surface area contributed by atoms with E-state index in [2.05, 4.69) is 167 Å². The van der Waals surface area contributed by atoms with Crippen LogP contribution >= 0.6 is 0 Å². The van der Waals surface area contributed by atoms with Crippen molar-refractivity contribution in [1.82, 2.24) is 0 Å². The maximum absolute atomic E-state index is 12.8. The van der Waals surface area contributed by atoms with Crippen molar-refractivity contribution in [2.24, 2.45) is 0 Å². The van der Waals surface area contributed by atoms with Crippen molar-refractivity contribution in [2.75, 3.05) is 13.2 Å². The first-order valence-corrected chi connectivity index (χ1v) is 28.3. The summed E-state index contributed by atoms with van der Waals surface area (Å²) in [6, 6.07) is 0. The number of allylic oxidation sites excluding steroid dienone is 24. The second-order valence-electron chi connectivity index (χ2n) is 18.1. The molecule has 0 rings (SSSR count). The molecule has 6 nitrogen and oxygen atoms in total. The van der Waals surface area contributed by atoms with Crippen LogP contribution in [0.25, 0.3) is 0 Å². The highest BCUT2D eigenvalue weighted by Crippen LogP contribution is 2.12. The van der Waals surface area contributed by atoms with E-state index in [1.54, 1.807) is 0 Å². The molecule has 0 aromatic heterocycles. The predicted octanol–water partition coefficient (Wildman–Crippen LogP) is 19.2. The number of esters is 3. The summed E-state index contributed by atoms with van der Waals surface area (Å²) in [5.41, 5.74) is 0. The van der Waals surface area contributed by atoms with Gasteiger partial charge in [-0.05, 0) is 141 Å². The molecule has 71 heavy (non-hydrogen) atoms. The fraction of sp³-hybridized carbons (Fsp3) is 0.585. The van der Waals surface area contributed by atoms with Crippen LogP contribution in [0.3, 0.4) is 0 Å². The molecule has 0 aromatic carbocycles. The van der Waals surface area contributed by atoms with Crippen molar-refractivity contribution in [3.63, 3.8) is 0 Å². The van der Waals surface area contributed by atoms with Gasteiger partial charge in [0.1, 0.15) is 13.2 Å². The molecule has 398 valence electrons. The van der Waals surface area contributed by atoms with E-state index in [9.17, 15) is 14.4 Å². The highest BCUT2D eigenvalue weighted by atomic mass is 16.6. The zero-order valence-corrected chi connectivity index (χ0v) is 45.4. The van der Waals surface area contributed by atoms with Crippen molar-refractivity contribution in [3.8, 4) is 0 Å². The summed E-state index contributed by atoms with van der Waals surface area (Å²) in [6.07, 6.45) is 82.6. The lowest BCUT2D eigenvalue weighted by Crippen LogP contribution is -2.30. The van der Waals surface area contributed by atoms with Crippen LogP contribution in [0.4, 0.5) is 0 Å². The maximum atomic E-state index is 12.8. The monoisotopic (exact) mass is 979 g/mol. The van der Waals surface area contributed by atoms with Gasteiger partial charge in [0.25, 0.3) is 0 Å². The molecule has 6 heteroatoms. The summed E-state index contributed by atoms with van der Waals surface area (Å²) < 4.78 is 16.8. The molecule has 0 N–H and O–H groups in total. The summed E-state index contributed by atoms with van der Waals surface area (Å²) >= 11 is 0. The van der Waals surface area contributed by atoms with Crippen molar-refractivity contribution >= 4 is 17.9 Å². The lowest BCUT2D eigenvalue weighted by molar-refractivity contribution is -0.167. The number of hydrogen-bond donors (Lipinski definition) is 0. The Bertz CT molecular complexity index is 1590. The molecule has 0 saturated heterocycles. The van der Waals surface area contributed by atoms with Crippen LogP contribution in [0.15, 0.2) is 146 Å². The van der Waals surface area contributed by atoms with Crippen molar-refractivity contribution in [1.29, 1.82) is 0 Å². The van der Waals surface area contributed by atoms with E-state index in [4.69, 9.17) is 14.2 Å². The first kappa shape index (κ1) is 66.3. The van der Waals surface area contributed by atoms with Gasteiger partial charge in [-0.1, -0.05) is 212 Å². The van der Waals surface area contributed by atoms with E-state index in [0.29, 0.717) is 19.3 Å². The van der Waals surface area contributed by atoms with Gasteiger partial charge in [0.15, 0.2) is 6.10 Å². The SMILES string of the molecule is CC/C=C\C/C=C\C/C=C\C/C=C\C/C=C\C/C=C\CCCCCCC(=O)OCC(COC(=O)CCCCCCC/C=C\C/C=C\CCCCC)OC(=O)CCCC/C=C\C/C=C\C/C=C\C/C=C\CC. The highest BCUT2D eigenvalue weighted by molar-refractivity contribution is 5.71. The molecule has 0 spiro atoms. The van der Waals surface area contributed by atoms with Crippen LogP contribution in [0.1, 0.15) is 226 Å². The number of rotatable bonds is 49. The third-order valence-electron chi connectivity index (χ3n) is 11.3. The van der Waals surface area contributed by atoms with Crippen molar-refractivity contribution in [2.45, 2.75) is 232 Å². The normalized spacial score (nSPS) is 13.2. The van der Waals surface area contributed by atoms with Crippen LogP contribution in [0.2, 0.25) is 0 Å². The summed E-state index contributed by atoms with van der Waals surface area (Å²) in [7, 11) is 0. The van der Waals surface area contributed by atoms with Crippen molar-refractivity contribution < 1.29 is 28.6 Å². The zero-order valence-electron chi connectivity index (χ0n) is 45.4. The molecule has 0 aromatic rings. The van der Waals surface area contributed by atoms with E-state index >= 15 is 0 Å². The standard InChI is InChI=1S/C65H102O6/c1-4-7-10-13-16-19-22-25-28-29-30-31-32-33-34-35-38-40-43-46-49-52-55-58-64(67)70-61-62(71-65(68)59-56-53-50-47-44-41-37-27-24-21-18-15-12-9-6-3)60-69-63(66)57-54-51-48-45-42-39-36-26-23-20-17-14-11-8-5-2/h7,9-10,12,16-21,25-28,30-31,33-34,36-38,40,44,47,62H,4-6,8,11,13-15,22-24,29,32,35,39,41-43,45-46,48-61H2,1-3H3/b10-7-,12-9-,19-16-,20-17-,21-18-,28-25-,31-30-,34-33-,36-26-,37-27-,40-38-,47-44-. The van der Waals surface area contributed by atoms with Crippen LogP contribution in [0, 0.1) is 0 Å². The minimum absolute atomic E-state index is 0.116. The van der Waals surface area contributed by atoms with Crippen LogP contribution in [0.5, 0.6) is 0 Å². The number of carbonyl (C=O) groups is 3. The molecule has 0 aliphatic heterocycles. The fourth-order valence-electron chi connectivity index (χ4n) is 7.11. The molecular weight excluding hydrogens is 877 g/mol. The Balaban J connectivity index is 4.52. The Kier molecular flexibility index (Phi) is 54.0. The predicted molar refractivity (Wildman–Crippen MR) is 306 cm³/mol. The third-order valence-corrected chi connectivity index (χ3v) is 11.3. The molecule has 0 radical (unpaired) electrons. The second-order valence-corrected chi connectivity index (χ2v) is 18.1. The molecule has 0 heterocycles. The largest absolute Gasteiger partial charge is 0.462 e. The van der Waals surface area contributed by atoms with Gasteiger partial charge < -0.3 is 14.2 Å². The van der Waals surface area contributed by atoms with Gasteiger partial charge >= 0.3 is 17.9 Å². The Morgan fingerprint density at radius 3 is 0.887 bits per heavy atom. The van der Waals surface area contributed by atoms with Gasteiger partial charge in [-0.15, -0.1) is 0 Å². The molecule has 1 atom stereocenters. The minimum atomic E-state index is -0.823. The van der Waals surface area contributed by atoms with E-state index in [-0.39, 0.29) is 37.5 Å². The Morgan fingerprint density at radius 1 is 0.296 bits per heavy atom. The average Bonchev–Trinajstić information content (AvgIpc) is 3.37. The molecule has 0 fully saturated rings. The van der Waals surface area contributed by atoms with Crippen LogP contribution in [-0.2, 0) is 28.6 Å². The fourth-order valence-corrected chi connectivity index (χ4v) is 7.11. The molecule has 1 unspecified atom stereocenters. The lowest BCUT2D eigenvalue weighted by atomic mass is 10.1. The van der Waals surface area contributed by atoms with Gasteiger partial charge in [-0.3, -0.25) is 14.4 Å². The van der Waals surface area contributed by atoms with E-state index in [0.717, 1.165) is 154 Å². The van der Waals surface area contributed by atoms with Gasteiger partial charge in [0.05, 0.1) is 0 Å². The molecule has 0 bridgehead atoms. The van der Waals surface area contributed by atoms with Gasteiger partial charge in [-0.25, -0.2) is 0 Å². The first-order valence-electron chi connectivity index (χ1n) is 28.3. The molecule has 0 amide bonds. The zero-order chi connectivity index (χ0) is 51.4. The Labute approximate surface area is 436 Å². The van der Waals surface area contributed by atoms with Gasteiger partial charge in [0.2, 0.25) is 0 Å². The van der Waals surface area contributed by atoms with Crippen LogP contribution in [-0.4, -0.2) is 37.2 Å². The summed E-state index contributed by atoms with van der Waals surface area (Å²) in [6.45, 7) is 6.30. The lowest BCUT2D eigenvalue weighted by Gasteiger charge is -2.18. The maximum Gasteiger partial charge on any atom is 0.306 e. The topological polar surface area (TPSA) is 78.9 Å². The number of hydrogen-bond acceptors (Lipinski definition) is 6. The quantitative estimate of drug-likeness (QED) is 0.0262. The van der Waals surface area contributed by atoms with Gasteiger partial charge in [-0.2, -0.15) is 0 Å². The number of unbranched alkanes of at least 4 members (excludes halogenated alkanes) is 14. The van der Waals surface area contributed by atoms with Crippen LogP contribution < -0.4 is 0 Å². The summed E-state index contributed by atoms with van der Waals surface area (Å²) in [4.78, 5) is 38.1. The highest BCUT2D eigenvalue weighted by Gasteiger charge is 2.19. The molecule has 0 aliphatic rings. The van der Waals surface area contributed by atoms with E-state index < -0.39 is 6.10 Å². The average molecular weight is 980 g/mol. The molecular formula is C65H102O6. The first-order chi connectivity index (χ1) is 35.0. The third kappa shape index (κ3) is 56.1. The number of carbonyl (C=O) groups excluding carboxylic acids is 3. The number of ether oxygens (including phenoxy) is 3. The van der Waals surface area contributed by atoms with E-state index in [1.165, 1.54) is 25.7 Å². The van der Waals surface area contributed by atoms with Crippen molar-refractivity contribution in [3.05, 3.63) is 146 Å². The molecule has 0 saturated carbocycles. The smallest absolute Gasteiger partial charge is 0.306 e. The Morgan fingerprint density at radius 2 is 0.549 bits per heavy atom.